The molecule has 0 aliphatic carbocycles. The van der Waals surface area contributed by atoms with Crippen molar-refractivity contribution in [3.05, 3.63) is 48.4 Å². The zero-order valence-corrected chi connectivity index (χ0v) is 13.1. The van der Waals surface area contributed by atoms with Gasteiger partial charge in [-0.15, -0.1) is 0 Å². The minimum atomic E-state index is -0.110. The Bertz CT molecular complexity index is 606. The van der Waals surface area contributed by atoms with Gasteiger partial charge in [-0.05, 0) is 18.2 Å². The number of hydrogen-bond acceptors (Lipinski definition) is 6. The summed E-state index contributed by atoms with van der Waals surface area (Å²) < 4.78 is 4.93. The number of hydrogen-bond donors (Lipinski definition) is 3. The van der Waals surface area contributed by atoms with Crippen LogP contribution >= 0.6 is 0 Å². The lowest BCUT2D eigenvalue weighted by atomic mass is 10.2. The van der Waals surface area contributed by atoms with E-state index in [-0.39, 0.29) is 5.91 Å². The number of carbonyl (C=O) groups excluding carboxylic acids is 1. The molecule has 0 fully saturated rings. The number of amides is 1. The van der Waals surface area contributed by atoms with E-state index in [9.17, 15) is 4.79 Å². The van der Waals surface area contributed by atoms with E-state index in [0.29, 0.717) is 31.1 Å². The Kier molecular flexibility index (Phi) is 6.96. The summed E-state index contributed by atoms with van der Waals surface area (Å²) in [5.74, 6) is 0.522. The van der Waals surface area contributed by atoms with Crippen LogP contribution in [0.4, 0.5) is 11.5 Å². The summed E-state index contributed by atoms with van der Waals surface area (Å²) in [4.78, 5) is 20.2. The van der Waals surface area contributed by atoms with Crippen molar-refractivity contribution in [3.63, 3.8) is 0 Å². The third-order valence-corrected chi connectivity index (χ3v) is 3.03. The first kappa shape index (κ1) is 16.9. The summed E-state index contributed by atoms with van der Waals surface area (Å²) in [6.45, 7) is 2.69. The van der Waals surface area contributed by atoms with Crippen LogP contribution in [-0.2, 0) is 4.74 Å². The van der Waals surface area contributed by atoms with Gasteiger partial charge in [0.2, 0.25) is 0 Å². The van der Waals surface area contributed by atoms with Crippen molar-refractivity contribution in [2.45, 2.75) is 0 Å². The normalized spacial score (nSPS) is 10.3. The van der Waals surface area contributed by atoms with Crippen LogP contribution in [0.3, 0.4) is 0 Å². The molecular weight excluding hydrogens is 294 g/mol. The van der Waals surface area contributed by atoms with Crippen molar-refractivity contribution in [1.82, 2.24) is 20.6 Å². The molecule has 1 aromatic heterocycles. The van der Waals surface area contributed by atoms with Crippen LogP contribution in [0.25, 0.3) is 0 Å². The Balaban J connectivity index is 1.83. The number of nitrogens with one attached hydrogen (secondary N) is 3. The first-order chi connectivity index (χ1) is 11.3. The highest BCUT2D eigenvalue weighted by Gasteiger charge is 2.06. The van der Waals surface area contributed by atoms with Gasteiger partial charge in [-0.1, -0.05) is 6.07 Å². The van der Waals surface area contributed by atoms with E-state index in [4.69, 9.17) is 4.74 Å². The van der Waals surface area contributed by atoms with Gasteiger partial charge in [0.15, 0.2) is 0 Å². The van der Waals surface area contributed by atoms with Gasteiger partial charge in [0.25, 0.3) is 5.91 Å². The summed E-state index contributed by atoms with van der Waals surface area (Å²) >= 11 is 0. The minimum Gasteiger partial charge on any atom is -0.383 e. The number of methoxy groups -OCH3 is 1. The van der Waals surface area contributed by atoms with Gasteiger partial charge in [0, 0.05) is 50.4 Å². The van der Waals surface area contributed by atoms with Crippen molar-refractivity contribution in [2.24, 2.45) is 0 Å². The lowest BCUT2D eigenvalue weighted by Crippen LogP contribution is -2.33. The molecule has 0 spiro atoms. The second kappa shape index (κ2) is 9.50. The van der Waals surface area contributed by atoms with Gasteiger partial charge in [-0.25, -0.2) is 4.98 Å². The molecule has 0 unspecified atom stereocenters. The zero-order chi connectivity index (χ0) is 16.3. The monoisotopic (exact) mass is 315 g/mol. The summed E-state index contributed by atoms with van der Waals surface area (Å²) in [6, 6.07) is 7.25. The first-order valence-corrected chi connectivity index (χ1v) is 7.40. The van der Waals surface area contributed by atoms with Crippen molar-refractivity contribution in [3.8, 4) is 0 Å². The molecule has 2 rings (SSSR count). The predicted octanol–water partition coefficient (Wildman–Crippen LogP) is 1.19. The van der Waals surface area contributed by atoms with Gasteiger partial charge in [-0.3, -0.25) is 9.78 Å². The van der Waals surface area contributed by atoms with Crippen LogP contribution in [0.2, 0.25) is 0 Å². The molecule has 7 heteroatoms. The SMILES string of the molecule is COCCNCCNC(=O)c1cccc(Nc2cnccn2)c1. The highest BCUT2D eigenvalue weighted by atomic mass is 16.5. The Labute approximate surface area is 135 Å². The molecule has 1 amide bonds. The van der Waals surface area contributed by atoms with Crippen molar-refractivity contribution >= 4 is 17.4 Å². The number of anilines is 2. The average molecular weight is 315 g/mol. The van der Waals surface area contributed by atoms with Gasteiger partial charge in [0.05, 0.1) is 12.8 Å². The second-order valence-corrected chi connectivity index (χ2v) is 4.80. The van der Waals surface area contributed by atoms with Gasteiger partial charge in [0.1, 0.15) is 5.82 Å². The highest BCUT2D eigenvalue weighted by molar-refractivity contribution is 5.95. The molecule has 0 saturated heterocycles. The molecule has 23 heavy (non-hydrogen) atoms. The number of nitrogens with zero attached hydrogens (tertiary/aromatic N) is 2. The summed E-state index contributed by atoms with van der Waals surface area (Å²) in [6.07, 6.45) is 4.84. The van der Waals surface area contributed by atoms with E-state index in [1.54, 1.807) is 37.8 Å². The molecule has 3 N–H and O–H groups in total. The van der Waals surface area contributed by atoms with Gasteiger partial charge < -0.3 is 20.7 Å². The van der Waals surface area contributed by atoms with E-state index in [1.165, 1.54) is 0 Å². The lowest BCUT2D eigenvalue weighted by molar-refractivity contribution is 0.0953. The molecule has 122 valence electrons. The molecule has 0 aliphatic rings. The van der Waals surface area contributed by atoms with Gasteiger partial charge >= 0.3 is 0 Å². The molecule has 0 radical (unpaired) electrons. The topological polar surface area (TPSA) is 88.2 Å². The van der Waals surface area contributed by atoms with E-state index < -0.39 is 0 Å². The number of ether oxygens (including phenoxy) is 1. The predicted molar refractivity (Wildman–Crippen MR) is 88.8 cm³/mol. The molecule has 0 atom stereocenters. The van der Waals surface area contributed by atoms with E-state index in [0.717, 1.165) is 12.2 Å². The van der Waals surface area contributed by atoms with Crippen LogP contribution in [0.5, 0.6) is 0 Å². The summed E-state index contributed by atoms with van der Waals surface area (Å²) in [5, 5.41) is 9.15. The quantitative estimate of drug-likeness (QED) is 0.602. The van der Waals surface area contributed by atoms with Crippen LogP contribution in [0, 0.1) is 0 Å². The maximum absolute atomic E-state index is 12.1. The number of rotatable bonds is 9. The van der Waals surface area contributed by atoms with E-state index in [2.05, 4.69) is 25.9 Å². The molecule has 0 bridgehead atoms. The molecular formula is C16H21N5O2. The summed E-state index contributed by atoms with van der Waals surface area (Å²) in [5.41, 5.74) is 1.38. The fourth-order valence-corrected chi connectivity index (χ4v) is 1.92. The number of carbonyl (C=O) groups is 1. The Morgan fingerprint density at radius 2 is 2.13 bits per heavy atom. The zero-order valence-electron chi connectivity index (χ0n) is 13.1. The van der Waals surface area contributed by atoms with Crippen LogP contribution in [-0.4, -0.2) is 49.2 Å². The van der Waals surface area contributed by atoms with Crippen molar-refractivity contribution in [2.75, 3.05) is 38.7 Å². The summed E-state index contributed by atoms with van der Waals surface area (Å²) in [7, 11) is 1.66. The first-order valence-electron chi connectivity index (χ1n) is 7.40. The number of aromatic nitrogens is 2. The lowest BCUT2D eigenvalue weighted by Gasteiger charge is -2.09. The standard InChI is InChI=1S/C16H21N5O2/c1-23-10-9-17-5-8-20-16(22)13-3-2-4-14(11-13)21-15-12-18-6-7-19-15/h2-4,6-7,11-12,17H,5,8-10H2,1H3,(H,19,21)(H,20,22). The second-order valence-electron chi connectivity index (χ2n) is 4.80. The fourth-order valence-electron chi connectivity index (χ4n) is 1.92. The maximum Gasteiger partial charge on any atom is 0.251 e. The van der Waals surface area contributed by atoms with E-state index in [1.807, 2.05) is 12.1 Å². The van der Waals surface area contributed by atoms with Crippen LogP contribution in [0.1, 0.15) is 10.4 Å². The third kappa shape index (κ3) is 6.01. The van der Waals surface area contributed by atoms with Gasteiger partial charge in [-0.2, -0.15) is 0 Å². The van der Waals surface area contributed by atoms with Crippen molar-refractivity contribution in [1.29, 1.82) is 0 Å². The van der Waals surface area contributed by atoms with Crippen LogP contribution < -0.4 is 16.0 Å². The highest BCUT2D eigenvalue weighted by Crippen LogP contribution is 2.15. The maximum atomic E-state index is 12.1. The Morgan fingerprint density at radius 1 is 1.22 bits per heavy atom. The van der Waals surface area contributed by atoms with E-state index >= 15 is 0 Å². The smallest absolute Gasteiger partial charge is 0.251 e. The average Bonchev–Trinajstić information content (AvgIpc) is 2.59. The van der Waals surface area contributed by atoms with Crippen molar-refractivity contribution < 1.29 is 9.53 Å². The van der Waals surface area contributed by atoms with Crippen LogP contribution in [0.15, 0.2) is 42.9 Å². The molecule has 1 aromatic carbocycles. The Morgan fingerprint density at radius 3 is 2.91 bits per heavy atom. The molecule has 2 aromatic rings. The fraction of sp³-hybridized carbons (Fsp3) is 0.312. The molecule has 0 aliphatic heterocycles. The third-order valence-electron chi connectivity index (χ3n) is 3.03. The largest absolute Gasteiger partial charge is 0.383 e. The molecule has 0 saturated carbocycles. The Hall–Kier alpha value is -2.51. The number of benzene rings is 1. The minimum absolute atomic E-state index is 0.110. The molecule has 1 heterocycles. The molecule has 7 nitrogen and oxygen atoms in total.